The summed E-state index contributed by atoms with van der Waals surface area (Å²) in [6, 6.07) is 14.4. The lowest BCUT2D eigenvalue weighted by molar-refractivity contribution is -0.136. The molecule has 1 heterocycles. The van der Waals surface area contributed by atoms with Crippen molar-refractivity contribution in [2.45, 2.75) is 19.8 Å². The summed E-state index contributed by atoms with van der Waals surface area (Å²) in [5.41, 5.74) is 5.71. The number of nitrogens with zero attached hydrogens (tertiary/aromatic N) is 5. The maximum atomic E-state index is 12.6. The average Bonchev–Trinajstić information content (AvgIpc) is 2.92. The predicted molar refractivity (Wildman–Crippen MR) is 137 cm³/mol. The van der Waals surface area contributed by atoms with E-state index < -0.39 is 0 Å². The summed E-state index contributed by atoms with van der Waals surface area (Å²) in [6.07, 6.45) is 8.17. The zero-order chi connectivity index (χ0) is 25.8. The third kappa shape index (κ3) is 7.08. The quantitative estimate of drug-likeness (QED) is 0.312. The number of ether oxygens (including phenoxy) is 2. The Bertz CT molecular complexity index is 1220. The first-order valence-electron chi connectivity index (χ1n) is 11.2. The molecule has 0 radical (unpaired) electrons. The molecule has 3 rings (SSSR count). The van der Waals surface area contributed by atoms with Gasteiger partial charge in [0.1, 0.15) is 6.07 Å². The Labute approximate surface area is 209 Å². The second-order valence-electron chi connectivity index (χ2n) is 7.42. The second-order valence-corrected chi connectivity index (χ2v) is 7.42. The largest absolute Gasteiger partial charge is 0.493 e. The predicted octanol–water partition coefficient (Wildman–Crippen LogP) is 3.40. The maximum absolute atomic E-state index is 12.6. The van der Waals surface area contributed by atoms with Crippen molar-refractivity contribution in [3.05, 3.63) is 53.6 Å². The fraction of sp³-hybridized carbons (Fsp3) is 0.269. The Morgan fingerprint density at radius 2 is 2.08 bits per heavy atom. The minimum Gasteiger partial charge on any atom is -0.493 e. The van der Waals surface area contributed by atoms with Gasteiger partial charge in [0.25, 0.3) is 5.91 Å². The average molecular weight is 487 g/mol. The van der Waals surface area contributed by atoms with Crippen molar-refractivity contribution >= 4 is 29.2 Å². The number of hydrogen-bond donors (Lipinski definition) is 1. The van der Waals surface area contributed by atoms with Crippen LogP contribution in [-0.4, -0.2) is 55.4 Å². The zero-order valence-electron chi connectivity index (χ0n) is 20.1. The van der Waals surface area contributed by atoms with E-state index in [4.69, 9.17) is 26.0 Å². The van der Waals surface area contributed by atoms with E-state index in [1.54, 1.807) is 37.4 Å². The Hall–Kier alpha value is -4.83. The summed E-state index contributed by atoms with van der Waals surface area (Å²) in [7, 11) is 1.59. The molecule has 36 heavy (non-hydrogen) atoms. The van der Waals surface area contributed by atoms with Crippen LogP contribution in [0.15, 0.2) is 57.8 Å². The first-order valence-corrected chi connectivity index (χ1v) is 11.2. The number of amides is 1. The van der Waals surface area contributed by atoms with Gasteiger partial charge >= 0.3 is 0 Å². The number of hydrogen-bond acceptors (Lipinski definition) is 9. The van der Waals surface area contributed by atoms with Gasteiger partial charge in [-0.05, 0) is 61.6 Å². The minimum atomic E-state index is -0.290. The molecule has 0 saturated carbocycles. The van der Waals surface area contributed by atoms with E-state index in [1.165, 1.54) is 11.2 Å². The number of carbonyl (C=O) groups is 1. The molecule has 0 aliphatic carbocycles. The first kappa shape index (κ1) is 25.8. The highest BCUT2D eigenvalue weighted by atomic mass is 16.6. The molecule has 10 heteroatoms. The van der Waals surface area contributed by atoms with E-state index >= 15 is 0 Å². The van der Waals surface area contributed by atoms with Crippen LogP contribution in [0.1, 0.15) is 30.9 Å². The van der Waals surface area contributed by atoms with E-state index in [1.807, 2.05) is 25.1 Å². The van der Waals surface area contributed by atoms with Gasteiger partial charge < -0.3 is 14.3 Å². The van der Waals surface area contributed by atoms with Gasteiger partial charge in [0, 0.05) is 12.1 Å². The molecule has 1 N–H and O–H groups in total. The van der Waals surface area contributed by atoms with Gasteiger partial charge in [-0.25, -0.2) is 5.01 Å². The van der Waals surface area contributed by atoms with Crippen LogP contribution in [0.2, 0.25) is 0 Å². The highest BCUT2D eigenvalue weighted by molar-refractivity contribution is 6.11. The molecule has 10 nitrogen and oxygen atoms in total. The van der Waals surface area contributed by atoms with Gasteiger partial charge in [-0.1, -0.05) is 17.3 Å². The molecule has 0 aromatic heterocycles. The smallest absolute Gasteiger partial charge is 0.283 e. The van der Waals surface area contributed by atoms with Crippen LogP contribution < -0.4 is 14.9 Å². The summed E-state index contributed by atoms with van der Waals surface area (Å²) in [5, 5.41) is 22.3. The number of oxime groups is 1. The number of rotatable bonds is 10. The number of hydrazone groups is 2. The normalized spacial score (nSPS) is 13.4. The van der Waals surface area contributed by atoms with E-state index in [2.05, 4.69) is 26.7 Å². The second kappa shape index (κ2) is 13.2. The van der Waals surface area contributed by atoms with Crippen LogP contribution in [0.3, 0.4) is 0 Å². The van der Waals surface area contributed by atoms with Crippen LogP contribution in [0, 0.1) is 23.7 Å². The van der Waals surface area contributed by atoms with Crippen LogP contribution in [0.25, 0.3) is 0 Å². The van der Waals surface area contributed by atoms with Crippen molar-refractivity contribution < 1.29 is 19.1 Å². The maximum Gasteiger partial charge on any atom is 0.283 e. The molecular formula is C26H26N6O4. The Balaban J connectivity index is 1.55. The lowest BCUT2D eigenvalue weighted by Gasteiger charge is -2.23. The molecule has 0 unspecified atom stereocenters. The van der Waals surface area contributed by atoms with Gasteiger partial charge in [0.2, 0.25) is 5.71 Å². The van der Waals surface area contributed by atoms with Crippen molar-refractivity contribution in [1.29, 1.82) is 5.26 Å². The number of benzene rings is 2. The van der Waals surface area contributed by atoms with Crippen molar-refractivity contribution in [2.24, 2.45) is 15.4 Å². The molecule has 0 atom stereocenters. The van der Waals surface area contributed by atoms with Crippen LogP contribution >= 0.6 is 0 Å². The summed E-state index contributed by atoms with van der Waals surface area (Å²) < 4.78 is 11.0. The Morgan fingerprint density at radius 3 is 2.78 bits per heavy atom. The van der Waals surface area contributed by atoms with Gasteiger partial charge in [0.15, 0.2) is 18.1 Å². The van der Waals surface area contributed by atoms with Crippen LogP contribution in [-0.2, 0) is 9.63 Å². The van der Waals surface area contributed by atoms with E-state index in [-0.39, 0.29) is 18.2 Å². The van der Waals surface area contributed by atoms with E-state index in [0.29, 0.717) is 30.3 Å². The van der Waals surface area contributed by atoms with Gasteiger partial charge in [0.05, 0.1) is 31.3 Å². The zero-order valence-corrected chi connectivity index (χ0v) is 20.1. The van der Waals surface area contributed by atoms with Gasteiger partial charge in [-0.2, -0.15) is 15.5 Å². The van der Waals surface area contributed by atoms with Crippen molar-refractivity contribution in [3.63, 3.8) is 0 Å². The third-order valence-corrected chi connectivity index (χ3v) is 5.02. The summed E-state index contributed by atoms with van der Waals surface area (Å²) in [6.45, 7) is 2.69. The topological polar surface area (TPSA) is 121 Å². The molecule has 0 spiro atoms. The Morgan fingerprint density at radius 1 is 1.28 bits per heavy atom. The van der Waals surface area contributed by atoms with E-state index in [9.17, 15) is 4.79 Å². The standard InChI is InChI=1S/C26H26N6O4/c1-4-21(16-27)29-30-22-11-8-19(9-12-22)17-28-36-18-26(33)32-14-6-7-23(31-32)20-10-13-24(34-3)25(15-20)35-5-2/h1,8-13,15,17,30H,5-7,14,18H2,2-3H3/b28-17-,29-21-. The van der Waals surface area contributed by atoms with Gasteiger partial charge in [-0.15, -0.1) is 6.42 Å². The molecule has 1 amide bonds. The molecule has 0 saturated heterocycles. The fourth-order valence-electron chi connectivity index (χ4n) is 3.27. The molecule has 1 aliphatic heterocycles. The van der Waals surface area contributed by atoms with E-state index in [0.717, 1.165) is 29.7 Å². The molecule has 2 aromatic carbocycles. The number of terminal acetylenes is 1. The van der Waals surface area contributed by atoms with Gasteiger partial charge in [-0.3, -0.25) is 10.2 Å². The van der Waals surface area contributed by atoms with Crippen molar-refractivity contribution in [2.75, 3.05) is 32.3 Å². The third-order valence-electron chi connectivity index (χ3n) is 5.02. The molecule has 1 aliphatic rings. The molecule has 2 aromatic rings. The highest BCUT2D eigenvalue weighted by Gasteiger charge is 2.20. The summed E-state index contributed by atoms with van der Waals surface area (Å²) in [5.74, 6) is 3.15. The van der Waals surface area contributed by atoms with Crippen LogP contribution in [0.4, 0.5) is 5.69 Å². The summed E-state index contributed by atoms with van der Waals surface area (Å²) in [4.78, 5) is 17.8. The fourth-order valence-corrected chi connectivity index (χ4v) is 3.27. The minimum absolute atomic E-state index is 0.0527. The molecule has 0 bridgehead atoms. The lowest BCUT2D eigenvalue weighted by Crippen LogP contribution is -2.34. The van der Waals surface area contributed by atoms with Crippen molar-refractivity contribution in [1.82, 2.24) is 5.01 Å². The number of nitriles is 1. The lowest BCUT2D eigenvalue weighted by atomic mass is 10.0. The number of nitrogens with one attached hydrogen (secondary N) is 1. The molecule has 0 fully saturated rings. The first-order chi connectivity index (χ1) is 17.6. The monoisotopic (exact) mass is 486 g/mol. The number of carbonyl (C=O) groups excluding carboxylic acids is 1. The SMILES string of the molecule is C#C/C(C#N)=N/Nc1ccc(/C=N\OCC(=O)N2CCCC(c3ccc(OC)c(OCC)c3)=N2)cc1. The summed E-state index contributed by atoms with van der Waals surface area (Å²) >= 11 is 0. The molecule has 184 valence electrons. The highest BCUT2D eigenvalue weighted by Crippen LogP contribution is 2.29. The Kier molecular flexibility index (Phi) is 9.43. The number of anilines is 1. The number of methoxy groups -OCH3 is 1. The molecular weight excluding hydrogens is 460 g/mol. The van der Waals surface area contributed by atoms with Crippen LogP contribution in [0.5, 0.6) is 11.5 Å². The van der Waals surface area contributed by atoms with Crippen molar-refractivity contribution in [3.8, 4) is 29.9 Å².